The van der Waals surface area contributed by atoms with Crippen LogP contribution >= 0.6 is 0 Å². The Labute approximate surface area is 243 Å². The van der Waals surface area contributed by atoms with Crippen LogP contribution in [-0.2, 0) is 13.0 Å². The zero-order valence-corrected chi connectivity index (χ0v) is 24.0. The van der Waals surface area contributed by atoms with Crippen molar-refractivity contribution in [2.24, 2.45) is 0 Å². The molecular formula is C32H37F4N3O3. The molecule has 3 rings (SSSR count). The van der Waals surface area contributed by atoms with Crippen LogP contribution in [0.2, 0.25) is 0 Å². The summed E-state index contributed by atoms with van der Waals surface area (Å²) in [6.45, 7) is 6.79. The average molecular weight is 588 g/mol. The lowest BCUT2D eigenvalue weighted by Gasteiger charge is -2.25. The van der Waals surface area contributed by atoms with E-state index in [0.717, 1.165) is 49.2 Å². The first-order chi connectivity index (χ1) is 20.0. The van der Waals surface area contributed by atoms with Crippen molar-refractivity contribution in [3.05, 3.63) is 106 Å². The molecule has 0 bridgehead atoms. The molecule has 6 nitrogen and oxygen atoms in total. The van der Waals surface area contributed by atoms with Gasteiger partial charge in [0.1, 0.15) is 23.3 Å². The van der Waals surface area contributed by atoms with E-state index in [0.29, 0.717) is 29.8 Å². The summed E-state index contributed by atoms with van der Waals surface area (Å²) >= 11 is 0. The van der Waals surface area contributed by atoms with Gasteiger partial charge in [-0.15, -0.1) is 0 Å². The topological polar surface area (TPSA) is 81.7 Å². The number of aryl methyl sites for hydroxylation is 1. The van der Waals surface area contributed by atoms with Crippen LogP contribution in [0.5, 0.6) is 0 Å². The molecule has 2 atom stereocenters. The summed E-state index contributed by atoms with van der Waals surface area (Å²) < 4.78 is 54.9. The molecule has 0 saturated heterocycles. The van der Waals surface area contributed by atoms with Gasteiger partial charge in [0.2, 0.25) is 0 Å². The Balaban J connectivity index is 1.81. The van der Waals surface area contributed by atoms with Crippen molar-refractivity contribution in [1.82, 2.24) is 15.5 Å². The standard InChI is InChI=1S/C32H37F4N3O3/c1-4-6-39(7-5-2)32(42)24-9-20(3)8-23(15-24)31(41)38-29(14-21-10-25(33)16-26(34)11-21)30(40)19-37-18-22-12-27(35)17-28(36)13-22/h8-13,15-17,29-30,37,40H,4-7,14,18-19H2,1-3H3,(H,38,41)/t29-,30+/m0/s1. The molecule has 42 heavy (non-hydrogen) atoms. The number of benzene rings is 3. The summed E-state index contributed by atoms with van der Waals surface area (Å²) in [5, 5.41) is 16.6. The highest BCUT2D eigenvalue weighted by Crippen LogP contribution is 2.16. The summed E-state index contributed by atoms with van der Waals surface area (Å²) in [6.07, 6.45) is 0.200. The smallest absolute Gasteiger partial charge is 0.253 e. The highest BCUT2D eigenvalue weighted by molar-refractivity contribution is 6.00. The van der Waals surface area contributed by atoms with E-state index in [9.17, 15) is 32.3 Å². The number of carbonyl (C=O) groups is 2. The lowest BCUT2D eigenvalue weighted by Crippen LogP contribution is -2.48. The van der Waals surface area contributed by atoms with Crippen molar-refractivity contribution in [2.75, 3.05) is 19.6 Å². The second kappa shape index (κ2) is 15.5. The van der Waals surface area contributed by atoms with Gasteiger partial charge in [0.15, 0.2) is 0 Å². The molecule has 0 aromatic heterocycles. The molecule has 0 unspecified atom stereocenters. The van der Waals surface area contributed by atoms with Crippen molar-refractivity contribution in [2.45, 2.75) is 58.7 Å². The van der Waals surface area contributed by atoms with Gasteiger partial charge in [-0.05, 0) is 85.3 Å². The third-order valence-electron chi connectivity index (χ3n) is 6.62. The summed E-state index contributed by atoms with van der Waals surface area (Å²) in [6, 6.07) is 9.78. The number of amides is 2. The number of aliphatic hydroxyl groups excluding tert-OH is 1. The molecule has 3 N–H and O–H groups in total. The van der Waals surface area contributed by atoms with Crippen LogP contribution in [0, 0.1) is 30.2 Å². The van der Waals surface area contributed by atoms with Crippen LogP contribution in [0.3, 0.4) is 0 Å². The van der Waals surface area contributed by atoms with Crippen LogP contribution in [0.15, 0.2) is 54.6 Å². The van der Waals surface area contributed by atoms with Crippen LogP contribution in [0.4, 0.5) is 17.6 Å². The first kappa shape index (κ1) is 32.8. The molecule has 10 heteroatoms. The molecule has 0 heterocycles. The number of halogens is 4. The Kier molecular flexibility index (Phi) is 12.1. The van der Waals surface area contributed by atoms with Crippen molar-refractivity contribution >= 4 is 11.8 Å². The lowest BCUT2D eigenvalue weighted by atomic mass is 9.99. The molecule has 0 saturated carbocycles. The van der Waals surface area contributed by atoms with Gasteiger partial charge in [-0.25, -0.2) is 17.6 Å². The zero-order valence-electron chi connectivity index (χ0n) is 24.0. The Morgan fingerprint density at radius 2 is 1.31 bits per heavy atom. The number of carbonyl (C=O) groups excluding carboxylic acids is 2. The van der Waals surface area contributed by atoms with E-state index in [1.165, 1.54) is 6.07 Å². The molecule has 3 aromatic carbocycles. The molecule has 0 fully saturated rings. The van der Waals surface area contributed by atoms with Crippen molar-refractivity contribution < 1.29 is 32.3 Å². The minimum Gasteiger partial charge on any atom is -0.390 e. The van der Waals surface area contributed by atoms with Crippen molar-refractivity contribution in [3.8, 4) is 0 Å². The molecule has 0 aliphatic carbocycles. The monoisotopic (exact) mass is 587 g/mol. The van der Waals surface area contributed by atoms with Gasteiger partial charge in [0.25, 0.3) is 11.8 Å². The fourth-order valence-corrected chi connectivity index (χ4v) is 4.81. The number of aliphatic hydroxyl groups is 1. The third kappa shape index (κ3) is 9.66. The van der Waals surface area contributed by atoms with Crippen LogP contribution in [-0.4, -0.2) is 53.6 Å². The van der Waals surface area contributed by atoms with Crippen molar-refractivity contribution in [1.29, 1.82) is 0 Å². The van der Waals surface area contributed by atoms with E-state index >= 15 is 0 Å². The first-order valence-electron chi connectivity index (χ1n) is 14.0. The largest absolute Gasteiger partial charge is 0.390 e. The van der Waals surface area contributed by atoms with Crippen LogP contribution in [0.1, 0.15) is 64.1 Å². The van der Waals surface area contributed by atoms with Gasteiger partial charge in [0, 0.05) is 49.4 Å². The van der Waals surface area contributed by atoms with Gasteiger partial charge < -0.3 is 20.6 Å². The molecule has 0 radical (unpaired) electrons. The number of nitrogens with one attached hydrogen (secondary N) is 2. The SMILES string of the molecule is CCCN(CCC)C(=O)c1cc(C)cc(C(=O)N[C@@H](Cc2cc(F)cc(F)c2)[C@H](O)CNCc2cc(F)cc(F)c2)c1. The van der Waals surface area contributed by atoms with Gasteiger partial charge in [-0.1, -0.05) is 13.8 Å². The molecule has 3 aromatic rings. The summed E-state index contributed by atoms with van der Waals surface area (Å²) in [5.41, 5.74) is 1.75. The Hall–Kier alpha value is -3.76. The van der Waals surface area contributed by atoms with Gasteiger partial charge in [-0.3, -0.25) is 9.59 Å². The highest BCUT2D eigenvalue weighted by atomic mass is 19.1. The predicted octanol–water partition coefficient (Wildman–Crippen LogP) is 5.31. The predicted molar refractivity (Wildman–Crippen MR) is 153 cm³/mol. The fraction of sp³-hybridized carbons (Fsp3) is 0.375. The van der Waals surface area contributed by atoms with E-state index in [1.54, 1.807) is 24.0 Å². The number of rotatable bonds is 14. The van der Waals surface area contributed by atoms with E-state index in [4.69, 9.17) is 0 Å². The van der Waals surface area contributed by atoms with Gasteiger partial charge in [0.05, 0.1) is 12.1 Å². The maximum absolute atomic E-state index is 13.9. The van der Waals surface area contributed by atoms with Crippen LogP contribution < -0.4 is 10.6 Å². The molecule has 226 valence electrons. The second-order valence-corrected chi connectivity index (χ2v) is 10.4. The van der Waals surface area contributed by atoms with E-state index in [1.807, 2.05) is 13.8 Å². The van der Waals surface area contributed by atoms with E-state index in [2.05, 4.69) is 10.6 Å². The zero-order chi connectivity index (χ0) is 30.8. The molecule has 0 aliphatic rings. The van der Waals surface area contributed by atoms with E-state index in [-0.39, 0.29) is 36.5 Å². The fourth-order valence-electron chi connectivity index (χ4n) is 4.81. The highest BCUT2D eigenvalue weighted by Gasteiger charge is 2.24. The minimum atomic E-state index is -1.26. The summed E-state index contributed by atoms with van der Waals surface area (Å²) in [4.78, 5) is 28.3. The maximum atomic E-state index is 13.9. The molecule has 0 spiro atoms. The van der Waals surface area contributed by atoms with Gasteiger partial charge >= 0.3 is 0 Å². The summed E-state index contributed by atoms with van der Waals surface area (Å²) in [7, 11) is 0. The molecule has 2 amide bonds. The maximum Gasteiger partial charge on any atom is 0.253 e. The first-order valence-corrected chi connectivity index (χ1v) is 14.0. The third-order valence-corrected chi connectivity index (χ3v) is 6.62. The molecular weight excluding hydrogens is 550 g/mol. The van der Waals surface area contributed by atoms with Crippen LogP contribution in [0.25, 0.3) is 0 Å². The Morgan fingerprint density at radius 3 is 1.86 bits per heavy atom. The summed E-state index contributed by atoms with van der Waals surface area (Å²) in [5.74, 6) is -3.87. The van der Waals surface area contributed by atoms with E-state index < -0.39 is 41.3 Å². The second-order valence-electron chi connectivity index (χ2n) is 10.4. The average Bonchev–Trinajstić information content (AvgIpc) is 2.90. The Morgan fingerprint density at radius 1 is 0.786 bits per heavy atom. The minimum absolute atomic E-state index is 0.0242. The number of nitrogens with zero attached hydrogens (tertiary/aromatic N) is 1. The molecule has 0 aliphatic heterocycles. The van der Waals surface area contributed by atoms with Crippen molar-refractivity contribution in [3.63, 3.8) is 0 Å². The lowest BCUT2D eigenvalue weighted by molar-refractivity contribution is 0.0755. The Bertz CT molecular complexity index is 1340. The number of hydrogen-bond acceptors (Lipinski definition) is 4. The normalized spacial score (nSPS) is 12.6. The quantitative estimate of drug-likeness (QED) is 0.224. The van der Waals surface area contributed by atoms with Gasteiger partial charge in [-0.2, -0.15) is 0 Å². The number of hydrogen-bond donors (Lipinski definition) is 3.